The number of nitrogens with zero attached hydrogens (tertiary/aromatic N) is 2. The minimum atomic E-state index is -0.0259. The van der Waals surface area contributed by atoms with E-state index in [0.717, 1.165) is 25.9 Å². The molecule has 1 saturated heterocycles. The van der Waals surface area contributed by atoms with Gasteiger partial charge in [0.05, 0.1) is 12.3 Å². The quantitative estimate of drug-likeness (QED) is 0.769. The largest absolute Gasteiger partial charge is 0.347 e. The van der Waals surface area contributed by atoms with Gasteiger partial charge in [-0.15, -0.1) is 11.8 Å². The Morgan fingerprint density at radius 1 is 1.21 bits per heavy atom. The Morgan fingerprint density at radius 3 is 2.37 bits per heavy atom. The fourth-order valence-corrected chi connectivity index (χ4v) is 3.05. The number of rotatable bonds is 6. The van der Waals surface area contributed by atoms with Gasteiger partial charge in [-0.2, -0.15) is 0 Å². The van der Waals surface area contributed by atoms with Crippen molar-refractivity contribution in [2.45, 2.75) is 25.0 Å². The van der Waals surface area contributed by atoms with E-state index < -0.39 is 0 Å². The molecule has 0 aromatic heterocycles. The van der Waals surface area contributed by atoms with Crippen LogP contribution in [0.1, 0.15) is 19.8 Å². The fourth-order valence-electron chi connectivity index (χ4n) is 1.92. The van der Waals surface area contributed by atoms with Gasteiger partial charge in [0.15, 0.2) is 0 Å². The second-order valence-corrected chi connectivity index (χ2v) is 6.25. The zero-order valence-corrected chi connectivity index (χ0v) is 13.0. The lowest BCUT2D eigenvalue weighted by Crippen LogP contribution is -2.41. The highest BCUT2D eigenvalue weighted by Gasteiger charge is 2.19. The van der Waals surface area contributed by atoms with E-state index in [-0.39, 0.29) is 18.4 Å². The highest BCUT2D eigenvalue weighted by Crippen LogP contribution is 2.20. The van der Waals surface area contributed by atoms with Crippen molar-refractivity contribution >= 4 is 23.6 Å². The first-order valence-corrected chi connectivity index (χ1v) is 7.89. The highest BCUT2D eigenvalue weighted by molar-refractivity contribution is 8.00. The molecule has 0 atom stereocenters. The van der Waals surface area contributed by atoms with Crippen LogP contribution in [0.4, 0.5) is 0 Å². The molecule has 1 rings (SSSR count). The van der Waals surface area contributed by atoms with Gasteiger partial charge in [-0.05, 0) is 32.9 Å². The van der Waals surface area contributed by atoms with Gasteiger partial charge in [0, 0.05) is 25.9 Å². The molecule has 0 unspecified atom stereocenters. The number of likely N-dealkylation sites (N-methyl/N-ethyl adjacent to an activating group) is 2. The van der Waals surface area contributed by atoms with Crippen molar-refractivity contribution in [2.24, 2.45) is 0 Å². The van der Waals surface area contributed by atoms with Gasteiger partial charge in [0.25, 0.3) is 0 Å². The average molecular weight is 287 g/mol. The number of hydrogen-bond acceptors (Lipinski definition) is 4. The van der Waals surface area contributed by atoms with Gasteiger partial charge in [0.2, 0.25) is 11.8 Å². The average Bonchev–Trinajstić information content (AvgIpc) is 2.42. The number of hydrogen-bond donors (Lipinski definition) is 1. The van der Waals surface area contributed by atoms with Gasteiger partial charge >= 0.3 is 0 Å². The Labute approximate surface area is 120 Å². The lowest BCUT2D eigenvalue weighted by molar-refractivity contribution is -0.137. The molecule has 19 heavy (non-hydrogen) atoms. The summed E-state index contributed by atoms with van der Waals surface area (Å²) in [5, 5.41) is 3.89. The molecule has 110 valence electrons. The molecule has 0 radical (unpaired) electrons. The molecule has 5 nitrogen and oxygen atoms in total. The lowest BCUT2D eigenvalue weighted by atomic mass is 10.2. The Kier molecular flexibility index (Phi) is 7.23. The van der Waals surface area contributed by atoms with Crippen LogP contribution in [0.2, 0.25) is 0 Å². The standard InChI is InChI=1S/C13H25N3O2S/c1-4-16(9-12(17)15(2)3)13(18)10-19-11-5-7-14-8-6-11/h11,14H,4-10H2,1-3H3. The van der Waals surface area contributed by atoms with Gasteiger partial charge in [0.1, 0.15) is 0 Å². The second kappa shape index (κ2) is 8.43. The first-order chi connectivity index (χ1) is 9.04. The van der Waals surface area contributed by atoms with Gasteiger partial charge < -0.3 is 15.1 Å². The van der Waals surface area contributed by atoms with Crippen molar-refractivity contribution in [3.8, 4) is 0 Å². The zero-order chi connectivity index (χ0) is 14.3. The van der Waals surface area contributed by atoms with E-state index in [9.17, 15) is 9.59 Å². The Hall–Kier alpha value is -0.750. The molecule has 1 aliphatic heterocycles. The van der Waals surface area contributed by atoms with Crippen molar-refractivity contribution in [2.75, 3.05) is 46.0 Å². The maximum absolute atomic E-state index is 12.1. The molecular formula is C13H25N3O2S. The summed E-state index contributed by atoms with van der Waals surface area (Å²) in [6, 6.07) is 0. The predicted molar refractivity (Wildman–Crippen MR) is 79.3 cm³/mol. The van der Waals surface area contributed by atoms with Crippen LogP contribution in [-0.2, 0) is 9.59 Å². The van der Waals surface area contributed by atoms with Crippen LogP contribution in [0.5, 0.6) is 0 Å². The van der Waals surface area contributed by atoms with E-state index in [0.29, 0.717) is 17.5 Å². The smallest absolute Gasteiger partial charge is 0.241 e. The third-order valence-electron chi connectivity index (χ3n) is 3.29. The van der Waals surface area contributed by atoms with Crippen molar-refractivity contribution in [1.29, 1.82) is 0 Å². The van der Waals surface area contributed by atoms with Gasteiger partial charge in [-0.25, -0.2) is 0 Å². The van der Waals surface area contributed by atoms with E-state index in [2.05, 4.69) is 5.32 Å². The van der Waals surface area contributed by atoms with Crippen LogP contribution in [0.25, 0.3) is 0 Å². The number of amides is 2. The number of nitrogens with one attached hydrogen (secondary N) is 1. The maximum Gasteiger partial charge on any atom is 0.241 e. The molecule has 0 spiro atoms. The molecule has 0 aromatic rings. The minimum Gasteiger partial charge on any atom is -0.347 e. The Morgan fingerprint density at radius 2 is 1.84 bits per heavy atom. The van der Waals surface area contributed by atoms with E-state index in [1.54, 1.807) is 30.8 Å². The van der Waals surface area contributed by atoms with Gasteiger partial charge in [-0.1, -0.05) is 0 Å². The molecule has 0 bridgehead atoms. The maximum atomic E-state index is 12.1. The first kappa shape index (κ1) is 16.3. The van der Waals surface area contributed by atoms with E-state index in [4.69, 9.17) is 0 Å². The van der Waals surface area contributed by atoms with E-state index in [1.807, 2.05) is 6.92 Å². The van der Waals surface area contributed by atoms with Crippen LogP contribution in [-0.4, -0.2) is 72.9 Å². The van der Waals surface area contributed by atoms with E-state index >= 15 is 0 Å². The molecule has 0 aliphatic carbocycles. The Bertz CT molecular complexity index is 304. The summed E-state index contributed by atoms with van der Waals surface area (Å²) in [4.78, 5) is 26.9. The molecule has 2 amide bonds. The number of carbonyl (C=O) groups excluding carboxylic acids is 2. The van der Waals surface area contributed by atoms with Crippen molar-refractivity contribution in [3.63, 3.8) is 0 Å². The second-order valence-electron chi connectivity index (χ2n) is 4.96. The monoisotopic (exact) mass is 287 g/mol. The summed E-state index contributed by atoms with van der Waals surface area (Å²) >= 11 is 1.73. The third-order valence-corrected chi connectivity index (χ3v) is 4.64. The van der Waals surface area contributed by atoms with Crippen LogP contribution in [0, 0.1) is 0 Å². The van der Waals surface area contributed by atoms with Crippen LogP contribution in [0.15, 0.2) is 0 Å². The summed E-state index contributed by atoms with van der Waals surface area (Å²) in [6.45, 7) is 4.78. The minimum absolute atomic E-state index is 0.0259. The van der Waals surface area contributed by atoms with Gasteiger partial charge in [-0.3, -0.25) is 9.59 Å². The van der Waals surface area contributed by atoms with Crippen LogP contribution < -0.4 is 5.32 Å². The number of thioether (sulfide) groups is 1. The molecule has 1 fully saturated rings. The predicted octanol–water partition coefficient (Wildman–Crippen LogP) is 0.408. The molecule has 0 saturated carbocycles. The SMILES string of the molecule is CCN(CC(=O)N(C)C)C(=O)CSC1CCNCC1. The van der Waals surface area contributed by atoms with Crippen LogP contribution >= 0.6 is 11.8 Å². The molecule has 1 heterocycles. The normalized spacial score (nSPS) is 16.2. The molecule has 0 aromatic carbocycles. The Balaban J connectivity index is 2.34. The third kappa shape index (κ3) is 5.82. The number of piperidine rings is 1. The highest BCUT2D eigenvalue weighted by atomic mass is 32.2. The fraction of sp³-hybridized carbons (Fsp3) is 0.846. The van der Waals surface area contributed by atoms with Crippen molar-refractivity contribution in [1.82, 2.24) is 15.1 Å². The molecule has 6 heteroatoms. The first-order valence-electron chi connectivity index (χ1n) is 6.84. The summed E-state index contributed by atoms with van der Waals surface area (Å²) in [6.07, 6.45) is 2.25. The summed E-state index contributed by atoms with van der Waals surface area (Å²) in [7, 11) is 3.43. The molecular weight excluding hydrogens is 262 g/mol. The number of carbonyl (C=O) groups is 2. The van der Waals surface area contributed by atoms with Crippen molar-refractivity contribution in [3.05, 3.63) is 0 Å². The van der Waals surface area contributed by atoms with Crippen molar-refractivity contribution < 1.29 is 9.59 Å². The summed E-state index contributed by atoms with van der Waals surface area (Å²) in [5.41, 5.74) is 0. The molecule has 1 N–H and O–H groups in total. The zero-order valence-electron chi connectivity index (χ0n) is 12.1. The lowest BCUT2D eigenvalue weighted by Gasteiger charge is -2.25. The molecule has 1 aliphatic rings. The topological polar surface area (TPSA) is 52.7 Å². The van der Waals surface area contributed by atoms with E-state index in [1.165, 1.54) is 4.90 Å². The summed E-state index contributed by atoms with van der Waals surface area (Å²) < 4.78 is 0. The van der Waals surface area contributed by atoms with Crippen LogP contribution in [0.3, 0.4) is 0 Å². The summed E-state index contributed by atoms with van der Waals surface area (Å²) in [5.74, 6) is 0.530.